The summed E-state index contributed by atoms with van der Waals surface area (Å²) in [5.41, 5.74) is 4.91. The minimum atomic E-state index is -1.15. The maximum atomic E-state index is 2.77. The molecule has 0 N–H and O–H groups in total. The van der Waals surface area contributed by atoms with E-state index in [0.717, 1.165) is 27.7 Å². The van der Waals surface area contributed by atoms with Crippen molar-refractivity contribution in [2.24, 2.45) is 0 Å². The van der Waals surface area contributed by atoms with Crippen molar-refractivity contribution in [2.75, 3.05) is 0 Å². The van der Waals surface area contributed by atoms with Gasteiger partial charge in [0.25, 0.3) is 0 Å². The Morgan fingerprint density at radius 3 is 1.38 bits per heavy atom. The summed E-state index contributed by atoms with van der Waals surface area (Å²) in [4.78, 5) is 0. The van der Waals surface area contributed by atoms with Crippen molar-refractivity contribution in [3.05, 3.63) is 0 Å². The minimum Gasteiger partial charge on any atom is -0.0688 e. The molecule has 1 fully saturated rings. The van der Waals surface area contributed by atoms with E-state index in [1.54, 1.807) is 24.9 Å². The van der Waals surface area contributed by atoms with Gasteiger partial charge in [-0.2, -0.15) is 0 Å². The lowest BCUT2D eigenvalue weighted by Crippen LogP contribution is -2.44. The van der Waals surface area contributed by atoms with Crippen LogP contribution in [-0.4, -0.2) is 16.1 Å². The van der Waals surface area contributed by atoms with Gasteiger partial charge in [-0.15, -0.1) is 0 Å². The molecule has 0 amide bonds. The highest BCUT2D eigenvalue weighted by molar-refractivity contribution is 6.83. The van der Waals surface area contributed by atoms with Crippen LogP contribution in [0.4, 0.5) is 0 Å². The molecule has 0 bridgehead atoms. The van der Waals surface area contributed by atoms with Crippen LogP contribution in [0, 0.1) is 0 Å². The Hall–Kier alpha value is 0.434. The summed E-state index contributed by atoms with van der Waals surface area (Å²) in [6.07, 6.45) is 16.7. The Labute approximate surface area is 188 Å². The zero-order chi connectivity index (χ0) is 22.1. The average molecular weight is 439 g/mol. The molecule has 0 aromatic heterocycles. The molecule has 1 aliphatic rings. The van der Waals surface area contributed by atoms with Crippen molar-refractivity contribution in [1.29, 1.82) is 0 Å². The molecule has 0 heterocycles. The van der Waals surface area contributed by atoms with Crippen molar-refractivity contribution in [2.45, 2.75) is 172 Å². The van der Waals surface area contributed by atoms with Crippen molar-refractivity contribution in [1.82, 2.24) is 0 Å². The molecule has 174 valence electrons. The van der Waals surface area contributed by atoms with Crippen LogP contribution in [0.15, 0.2) is 0 Å². The molecule has 1 rings (SSSR count). The fourth-order valence-electron chi connectivity index (χ4n) is 7.24. The zero-order valence-electron chi connectivity index (χ0n) is 22.1. The number of rotatable bonds is 14. The summed E-state index contributed by atoms with van der Waals surface area (Å²) >= 11 is 0. The largest absolute Gasteiger partial charge is 0.0688 e. The first-order valence-electron chi connectivity index (χ1n) is 13.6. The van der Waals surface area contributed by atoms with E-state index in [-0.39, 0.29) is 0 Å². The SMILES string of the molecule is CC(C)[Si](C)(CCCCCCCC[Si](C(C)C)(C(C)C)C(C)C)C1CCCCC1. The van der Waals surface area contributed by atoms with Gasteiger partial charge in [0.1, 0.15) is 0 Å². The van der Waals surface area contributed by atoms with Crippen LogP contribution in [0.3, 0.4) is 0 Å². The highest BCUT2D eigenvalue weighted by atomic mass is 28.3. The van der Waals surface area contributed by atoms with Gasteiger partial charge in [0.15, 0.2) is 0 Å². The van der Waals surface area contributed by atoms with Crippen molar-refractivity contribution < 1.29 is 0 Å². The fraction of sp³-hybridized carbons (Fsp3) is 1.00. The predicted molar refractivity (Wildman–Crippen MR) is 142 cm³/mol. The molecule has 1 saturated carbocycles. The molecule has 0 aromatic rings. The lowest BCUT2D eigenvalue weighted by Gasteiger charge is -2.43. The first kappa shape index (κ1) is 27.5. The highest BCUT2D eigenvalue weighted by Gasteiger charge is 2.41. The summed E-state index contributed by atoms with van der Waals surface area (Å²) in [7, 11) is -2.21. The van der Waals surface area contributed by atoms with Crippen LogP contribution in [-0.2, 0) is 0 Å². The number of unbranched alkanes of at least 4 members (excludes halogenated alkanes) is 5. The van der Waals surface area contributed by atoms with E-state index in [1.165, 1.54) is 57.8 Å². The van der Waals surface area contributed by atoms with Crippen LogP contribution >= 0.6 is 0 Å². The first-order valence-corrected chi connectivity index (χ1v) is 18.9. The van der Waals surface area contributed by atoms with Gasteiger partial charge in [-0.05, 0) is 5.54 Å². The summed E-state index contributed by atoms with van der Waals surface area (Å²) < 4.78 is 0. The van der Waals surface area contributed by atoms with Gasteiger partial charge >= 0.3 is 0 Å². The fourth-order valence-corrected chi connectivity index (χ4v) is 18.5. The second-order valence-corrected chi connectivity index (χ2v) is 23.9. The molecule has 1 aliphatic carbocycles. The molecule has 0 aromatic carbocycles. The average Bonchev–Trinajstić information content (AvgIpc) is 2.66. The minimum absolute atomic E-state index is 0.931. The van der Waals surface area contributed by atoms with E-state index in [9.17, 15) is 0 Å². The van der Waals surface area contributed by atoms with E-state index in [0.29, 0.717) is 0 Å². The summed E-state index contributed by atoms with van der Waals surface area (Å²) in [6, 6.07) is 3.18. The Balaban J connectivity index is 2.32. The number of hydrogen-bond acceptors (Lipinski definition) is 0. The topological polar surface area (TPSA) is 0 Å². The van der Waals surface area contributed by atoms with E-state index in [4.69, 9.17) is 0 Å². The van der Waals surface area contributed by atoms with E-state index < -0.39 is 16.1 Å². The first-order chi connectivity index (χ1) is 13.6. The van der Waals surface area contributed by atoms with Gasteiger partial charge in [-0.25, -0.2) is 0 Å². The van der Waals surface area contributed by atoms with Gasteiger partial charge in [-0.1, -0.05) is 167 Å². The predicted octanol–water partition coefficient (Wildman–Crippen LogP) is 10.8. The normalized spacial score (nSPS) is 18.9. The molecule has 0 radical (unpaired) electrons. The van der Waals surface area contributed by atoms with Crippen LogP contribution < -0.4 is 0 Å². The third kappa shape index (κ3) is 7.51. The van der Waals surface area contributed by atoms with Gasteiger partial charge in [0.2, 0.25) is 0 Å². The van der Waals surface area contributed by atoms with E-state index in [2.05, 4.69) is 61.9 Å². The maximum Gasteiger partial charge on any atom is 0.0612 e. The van der Waals surface area contributed by atoms with Crippen molar-refractivity contribution in [3.8, 4) is 0 Å². The molecule has 2 heteroatoms. The molecule has 1 atom stereocenters. The second kappa shape index (κ2) is 13.1. The summed E-state index contributed by atoms with van der Waals surface area (Å²) in [5.74, 6) is 0. The van der Waals surface area contributed by atoms with Gasteiger partial charge in [0.05, 0.1) is 16.1 Å². The zero-order valence-corrected chi connectivity index (χ0v) is 24.1. The lowest BCUT2D eigenvalue weighted by molar-refractivity contribution is 0.484. The quantitative estimate of drug-likeness (QED) is 0.187. The van der Waals surface area contributed by atoms with Crippen molar-refractivity contribution in [3.63, 3.8) is 0 Å². The van der Waals surface area contributed by atoms with Gasteiger partial charge in [-0.3, -0.25) is 0 Å². The Morgan fingerprint density at radius 1 is 0.552 bits per heavy atom. The third-order valence-corrected chi connectivity index (χ3v) is 23.8. The molecule has 1 unspecified atom stereocenters. The molecule has 0 saturated heterocycles. The van der Waals surface area contributed by atoms with Crippen LogP contribution in [0.25, 0.3) is 0 Å². The monoisotopic (exact) mass is 438 g/mol. The third-order valence-electron chi connectivity index (χ3n) is 9.66. The maximum absolute atomic E-state index is 2.77. The molecule has 0 spiro atoms. The molecular weight excluding hydrogens is 380 g/mol. The van der Waals surface area contributed by atoms with Crippen LogP contribution in [0.2, 0.25) is 46.3 Å². The summed E-state index contributed by atoms with van der Waals surface area (Å²) in [6.45, 7) is 23.0. The smallest absolute Gasteiger partial charge is 0.0612 e. The Kier molecular flexibility index (Phi) is 12.4. The number of hydrogen-bond donors (Lipinski definition) is 0. The Morgan fingerprint density at radius 2 is 0.966 bits per heavy atom. The van der Waals surface area contributed by atoms with E-state index in [1.807, 2.05) is 0 Å². The lowest BCUT2D eigenvalue weighted by atomic mass is 10.0. The molecular formula is C27H58Si2. The molecule has 0 nitrogen and oxygen atoms in total. The summed E-state index contributed by atoms with van der Waals surface area (Å²) in [5, 5.41) is 0. The van der Waals surface area contributed by atoms with Gasteiger partial charge in [0, 0.05) is 0 Å². The van der Waals surface area contributed by atoms with E-state index >= 15 is 0 Å². The van der Waals surface area contributed by atoms with Crippen molar-refractivity contribution >= 4 is 16.1 Å². The Bertz CT molecular complexity index is 398. The standard InChI is InChI=1S/C27H58Si2/c1-23(2)28(9,27-19-15-14-16-20-27)21-17-12-10-11-13-18-22-29(24(3)4,25(5)6)26(7)8/h23-27H,10-22H2,1-9H3. The van der Waals surface area contributed by atoms with Gasteiger partial charge < -0.3 is 0 Å². The van der Waals surface area contributed by atoms with Crippen LogP contribution in [0.1, 0.15) is 126 Å². The van der Waals surface area contributed by atoms with Crippen LogP contribution in [0.5, 0.6) is 0 Å². The second-order valence-electron chi connectivity index (χ2n) is 12.2. The molecule has 29 heavy (non-hydrogen) atoms. The molecule has 0 aliphatic heterocycles. The highest BCUT2D eigenvalue weighted by Crippen LogP contribution is 2.46.